The Labute approximate surface area is 186 Å². The Bertz CT molecular complexity index is 1170. The van der Waals surface area contributed by atoms with Gasteiger partial charge in [-0.1, -0.05) is 42.1 Å². The third kappa shape index (κ3) is 4.64. The van der Waals surface area contributed by atoms with Gasteiger partial charge in [-0.3, -0.25) is 14.2 Å². The highest BCUT2D eigenvalue weighted by molar-refractivity contribution is 7.99. The lowest BCUT2D eigenvalue weighted by atomic mass is 10.2. The zero-order valence-corrected chi connectivity index (χ0v) is 17.7. The lowest BCUT2D eigenvalue weighted by Gasteiger charge is -2.12. The molecule has 3 N–H and O–H groups in total. The van der Waals surface area contributed by atoms with Crippen LogP contribution in [-0.4, -0.2) is 53.2 Å². The van der Waals surface area contributed by atoms with Crippen LogP contribution in [0.2, 0.25) is 0 Å². The van der Waals surface area contributed by atoms with Crippen molar-refractivity contribution in [2.24, 2.45) is 0 Å². The highest BCUT2D eigenvalue weighted by atomic mass is 32.2. The van der Waals surface area contributed by atoms with Crippen molar-refractivity contribution < 1.29 is 24.3 Å². The summed E-state index contributed by atoms with van der Waals surface area (Å²) in [7, 11) is 0. The van der Waals surface area contributed by atoms with E-state index in [1.165, 1.54) is 11.8 Å². The van der Waals surface area contributed by atoms with Crippen molar-refractivity contribution in [1.82, 2.24) is 24.6 Å². The molecule has 12 heteroatoms. The molecule has 3 aromatic rings. The molecule has 0 radical (unpaired) electrons. The molecule has 1 aliphatic heterocycles. The number of hydrogen-bond acceptors (Lipinski definition) is 10. The van der Waals surface area contributed by atoms with E-state index < -0.39 is 17.8 Å². The first-order valence-electron chi connectivity index (χ1n) is 9.88. The maximum Gasteiger partial charge on any atom is 0.333 e. The van der Waals surface area contributed by atoms with Gasteiger partial charge in [0.05, 0.1) is 6.54 Å². The Morgan fingerprint density at radius 1 is 1.12 bits per heavy atom. The predicted molar refractivity (Wildman–Crippen MR) is 114 cm³/mol. The number of fused-ring (bicyclic) bond motifs is 1. The van der Waals surface area contributed by atoms with E-state index in [4.69, 9.17) is 10.6 Å². The molecule has 0 saturated carbocycles. The van der Waals surface area contributed by atoms with Gasteiger partial charge >= 0.3 is 5.97 Å². The third-order valence-corrected chi connectivity index (χ3v) is 5.65. The molecule has 1 saturated heterocycles. The van der Waals surface area contributed by atoms with Crippen LogP contribution in [0.3, 0.4) is 0 Å². The van der Waals surface area contributed by atoms with Crippen LogP contribution in [0, 0.1) is 0 Å². The number of nitrogen functional groups attached to an aromatic ring is 1. The number of imide groups is 1. The Morgan fingerprint density at radius 2 is 1.84 bits per heavy atom. The topological polar surface area (TPSA) is 154 Å². The smallest absolute Gasteiger partial charge is 0.333 e. The summed E-state index contributed by atoms with van der Waals surface area (Å²) in [4.78, 5) is 52.4. The molecule has 0 spiro atoms. The number of amides is 2. The van der Waals surface area contributed by atoms with E-state index in [2.05, 4.69) is 15.0 Å². The number of hydroxylamine groups is 2. The Hall–Kier alpha value is -3.67. The van der Waals surface area contributed by atoms with Crippen LogP contribution in [0.4, 0.5) is 5.82 Å². The third-order valence-electron chi connectivity index (χ3n) is 4.72. The highest BCUT2D eigenvalue weighted by Crippen LogP contribution is 2.27. The Morgan fingerprint density at radius 3 is 2.56 bits per heavy atom. The summed E-state index contributed by atoms with van der Waals surface area (Å²) in [6.07, 6.45) is 0.545. The predicted octanol–water partition coefficient (Wildman–Crippen LogP) is 1.64. The number of hydrogen-bond donors (Lipinski definition) is 2. The van der Waals surface area contributed by atoms with Crippen molar-refractivity contribution in [2.75, 3.05) is 11.5 Å². The van der Waals surface area contributed by atoms with Crippen molar-refractivity contribution in [3.8, 4) is 6.01 Å². The van der Waals surface area contributed by atoms with Gasteiger partial charge in [0.25, 0.3) is 17.8 Å². The molecule has 1 aromatic carbocycles. The van der Waals surface area contributed by atoms with Gasteiger partial charge < -0.3 is 15.7 Å². The zero-order valence-electron chi connectivity index (χ0n) is 16.9. The fourth-order valence-corrected chi connectivity index (χ4v) is 3.94. The molecule has 166 valence electrons. The van der Waals surface area contributed by atoms with Crippen molar-refractivity contribution in [3.05, 3.63) is 35.9 Å². The minimum atomic E-state index is -0.657. The van der Waals surface area contributed by atoms with Crippen LogP contribution in [0.25, 0.3) is 11.2 Å². The molecule has 4 rings (SSSR count). The molecule has 0 bridgehead atoms. The normalized spacial score (nSPS) is 13.8. The largest absolute Gasteiger partial charge is 0.480 e. The van der Waals surface area contributed by atoms with Crippen LogP contribution in [0.1, 0.15) is 31.2 Å². The minimum Gasteiger partial charge on any atom is -0.480 e. The number of rotatable bonds is 8. The van der Waals surface area contributed by atoms with Gasteiger partial charge in [0.2, 0.25) is 0 Å². The number of aromatic nitrogens is 4. The number of thioether (sulfide) groups is 1. The number of aromatic hydroxyl groups is 1. The lowest BCUT2D eigenvalue weighted by Crippen LogP contribution is -2.32. The average Bonchev–Trinajstić information content (AvgIpc) is 3.26. The summed E-state index contributed by atoms with van der Waals surface area (Å²) >= 11 is 1.28. The first-order chi connectivity index (χ1) is 15.4. The lowest BCUT2D eigenvalue weighted by molar-refractivity contribution is -0.197. The molecule has 0 unspecified atom stereocenters. The molecule has 32 heavy (non-hydrogen) atoms. The molecule has 1 fully saturated rings. The monoisotopic (exact) mass is 456 g/mol. The molecule has 2 amide bonds. The van der Waals surface area contributed by atoms with Gasteiger partial charge in [-0.05, 0) is 12.0 Å². The summed E-state index contributed by atoms with van der Waals surface area (Å²) in [5.74, 6) is -1.06. The first kappa shape index (κ1) is 21.6. The molecule has 1 aliphatic rings. The van der Waals surface area contributed by atoms with E-state index in [1.807, 2.05) is 30.3 Å². The molecule has 11 nitrogen and oxygen atoms in total. The number of benzene rings is 1. The standard InChI is InChI=1S/C20H20N6O5S/c21-17-16-18(25(20(30)22-16)11-12-5-2-1-3-6-12)24-19(23-17)32-10-4-7-15(29)31-26-13(27)8-9-14(26)28/h1-3,5-6H,4,7-11H2,(H,22,30)(H2,21,23,24). The SMILES string of the molecule is Nc1nc(SCCCC(=O)ON2C(=O)CCC2=O)nc2c1nc(O)n2Cc1ccccc1. The summed E-state index contributed by atoms with van der Waals surface area (Å²) in [6.45, 7) is 0.365. The summed E-state index contributed by atoms with van der Waals surface area (Å²) in [5, 5.41) is 11.2. The summed E-state index contributed by atoms with van der Waals surface area (Å²) in [5.41, 5.74) is 7.69. The number of nitrogens with zero attached hydrogens (tertiary/aromatic N) is 5. The van der Waals surface area contributed by atoms with E-state index in [9.17, 15) is 19.5 Å². The quantitative estimate of drug-likeness (QED) is 0.221. The van der Waals surface area contributed by atoms with Gasteiger partial charge in [0, 0.05) is 25.0 Å². The van der Waals surface area contributed by atoms with Gasteiger partial charge in [-0.25, -0.2) is 14.8 Å². The van der Waals surface area contributed by atoms with Crippen LogP contribution >= 0.6 is 11.8 Å². The molecular weight excluding hydrogens is 436 g/mol. The average molecular weight is 456 g/mol. The molecular formula is C20H20N6O5S. The van der Waals surface area contributed by atoms with Crippen molar-refractivity contribution in [3.63, 3.8) is 0 Å². The van der Waals surface area contributed by atoms with E-state index in [-0.39, 0.29) is 31.1 Å². The van der Waals surface area contributed by atoms with Crippen molar-refractivity contribution >= 4 is 46.5 Å². The van der Waals surface area contributed by atoms with E-state index >= 15 is 0 Å². The van der Waals surface area contributed by atoms with Crippen LogP contribution in [0.5, 0.6) is 6.01 Å². The van der Waals surface area contributed by atoms with Crippen molar-refractivity contribution in [2.45, 2.75) is 37.4 Å². The Balaban J connectivity index is 1.38. The second kappa shape index (κ2) is 9.22. The number of anilines is 1. The van der Waals surface area contributed by atoms with Gasteiger partial charge in [0.1, 0.15) is 0 Å². The molecule has 0 atom stereocenters. The Kier molecular flexibility index (Phi) is 6.21. The number of carbonyl (C=O) groups is 3. The van der Waals surface area contributed by atoms with Gasteiger partial charge in [0.15, 0.2) is 22.1 Å². The minimum absolute atomic E-state index is 0.0223. The highest BCUT2D eigenvalue weighted by Gasteiger charge is 2.32. The van der Waals surface area contributed by atoms with E-state index in [0.717, 1.165) is 5.56 Å². The fourth-order valence-electron chi connectivity index (χ4n) is 3.15. The maximum atomic E-state index is 11.9. The molecule has 0 aliphatic carbocycles. The molecule has 2 aromatic heterocycles. The zero-order chi connectivity index (χ0) is 22.7. The van der Waals surface area contributed by atoms with E-state index in [0.29, 0.717) is 40.1 Å². The second-order valence-corrected chi connectivity index (χ2v) is 8.11. The van der Waals surface area contributed by atoms with E-state index in [1.54, 1.807) is 4.57 Å². The first-order valence-corrected chi connectivity index (χ1v) is 10.9. The summed E-state index contributed by atoms with van der Waals surface area (Å²) < 4.78 is 1.55. The second-order valence-electron chi connectivity index (χ2n) is 7.04. The van der Waals surface area contributed by atoms with Crippen molar-refractivity contribution in [1.29, 1.82) is 0 Å². The fraction of sp³-hybridized carbons (Fsp3) is 0.300. The van der Waals surface area contributed by atoms with Gasteiger partial charge in [-0.15, -0.1) is 5.06 Å². The maximum absolute atomic E-state index is 11.9. The van der Waals surface area contributed by atoms with Gasteiger partial charge in [-0.2, -0.15) is 4.98 Å². The van der Waals surface area contributed by atoms with Crippen LogP contribution in [-0.2, 0) is 25.8 Å². The number of carbonyl (C=O) groups excluding carboxylic acids is 3. The van der Waals surface area contributed by atoms with Crippen LogP contribution in [0.15, 0.2) is 35.5 Å². The number of nitrogens with two attached hydrogens (primary N) is 1. The number of imidazole rings is 1. The molecule has 3 heterocycles. The van der Waals surface area contributed by atoms with Crippen LogP contribution < -0.4 is 5.73 Å². The summed E-state index contributed by atoms with van der Waals surface area (Å²) in [6, 6.07) is 9.34.